The molecule has 1 amide bonds. The monoisotopic (exact) mass is 439 g/mol. The van der Waals surface area contributed by atoms with Crippen LogP contribution < -0.4 is 4.90 Å². The molecule has 2 heterocycles. The highest BCUT2D eigenvalue weighted by Gasteiger charge is 2.25. The number of hydrogen-bond donors (Lipinski definition) is 0. The van der Waals surface area contributed by atoms with E-state index in [-0.39, 0.29) is 11.7 Å². The fourth-order valence-electron chi connectivity index (χ4n) is 4.43. The highest BCUT2D eigenvalue weighted by molar-refractivity contribution is 6.07. The molecule has 1 aliphatic rings. The molecule has 4 aromatic rings. The number of fused-ring (bicyclic) bond motifs is 1. The number of halogens is 1. The molecule has 5 heteroatoms. The Morgan fingerprint density at radius 3 is 2.33 bits per heavy atom. The SMILES string of the molecule is Cc1ccc(-c2cc(C(=O)N3CCN(c4ccccc4F)CC3)c3ccccc3n2)cc1C. The maximum Gasteiger partial charge on any atom is 0.254 e. The van der Waals surface area contributed by atoms with Crippen molar-refractivity contribution in [1.29, 1.82) is 0 Å². The summed E-state index contributed by atoms with van der Waals surface area (Å²) in [7, 11) is 0. The normalized spacial score (nSPS) is 14.0. The van der Waals surface area contributed by atoms with Crippen molar-refractivity contribution in [2.75, 3.05) is 31.1 Å². The topological polar surface area (TPSA) is 36.4 Å². The molecule has 3 aromatic carbocycles. The fourth-order valence-corrected chi connectivity index (χ4v) is 4.43. The first-order valence-corrected chi connectivity index (χ1v) is 11.3. The van der Waals surface area contributed by atoms with Gasteiger partial charge in [-0.1, -0.05) is 42.5 Å². The Morgan fingerprint density at radius 2 is 1.58 bits per heavy atom. The van der Waals surface area contributed by atoms with Crippen LogP contribution in [-0.4, -0.2) is 42.0 Å². The Labute approximate surface area is 193 Å². The molecule has 4 nitrogen and oxygen atoms in total. The molecule has 0 aliphatic carbocycles. The van der Waals surface area contributed by atoms with E-state index in [4.69, 9.17) is 4.98 Å². The van der Waals surface area contributed by atoms with Crippen LogP contribution in [0.25, 0.3) is 22.2 Å². The van der Waals surface area contributed by atoms with Crippen LogP contribution in [0.5, 0.6) is 0 Å². The molecule has 0 unspecified atom stereocenters. The number of pyridine rings is 1. The first-order chi connectivity index (χ1) is 16.0. The molecular weight excluding hydrogens is 413 g/mol. The van der Waals surface area contributed by atoms with Gasteiger partial charge in [-0.25, -0.2) is 9.37 Å². The molecule has 1 aromatic heterocycles. The van der Waals surface area contributed by atoms with Crippen molar-refractivity contribution >= 4 is 22.5 Å². The number of aromatic nitrogens is 1. The van der Waals surface area contributed by atoms with Gasteiger partial charge < -0.3 is 9.80 Å². The number of benzene rings is 3. The van der Waals surface area contributed by atoms with Gasteiger partial charge in [-0.15, -0.1) is 0 Å². The zero-order valence-corrected chi connectivity index (χ0v) is 18.9. The van der Waals surface area contributed by atoms with Crippen LogP contribution in [0.2, 0.25) is 0 Å². The van der Waals surface area contributed by atoms with E-state index in [0.29, 0.717) is 37.4 Å². The molecule has 0 radical (unpaired) electrons. The first kappa shape index (κ1) is 21.1. The molecule has 1 saturated heterocycles. The molecule has 0 atom stereocenters. The number of piperazine rings is 1. The summed E-state index contributed by atoms with van der Waals surface area (Å²) >= 11 is 0. The molecule has 166 valence electrons. The summed E-state index contributed by atoms with van der Waals surface area (Å²) in [6, 6.07) is 22.8. The second-order valence-electron chi connectivity index (χ2n) is 8.60. The lowest BCUT2D eigenvalue weighted by atomic mass is 10.00. The van der Waals surface area contributed by atoms with E-state index in [9.17, 15) is 9.18 Å². The third kappa shape index (κ3) is 4.07. The molecule has 0 N–H and O–H groups in total. The van der Waals surface area contributed by atoms with Gasteiger partial charge in [0.25, 0.3) is 5.91 Å². The predicted octanol–water partition coefficient (Wildman–Crippen LogP) is 5.62. The molecule has 0 spiro atoms. The minimum absolute atomic E-state index is 0.00753. The molecule has 0 bridgehead atoms. The number of rotatable bonds is 3. The van der Waals surface area contributed by atoms with E-state index in [1.165, 1.54) is 17.2 Å². The Bertz CT molecular complexity index is 1340. The summed E-state index contributed by atoms with van der Waals surface area (Å²) < 4.78 is 14.2. The van der Waals surface area contributed by atoms with E-state index < -0.39 is 0 Å². The smallest absolute Gasteiger partial charge is 0.254 e. The Morgan fingerprint density at radius 1 is 0.848 bits per heavy atom. The number of para-hydroxylation sites is 2. The summed E-state index contributed by atoms with van der Waals surface area (Å²) in [5.74, 6) is -0.234. The molecule has 33 heavy (non-hydrogen) atoms. The van der Waals surface area contributed by atoms with Crippen molar-refractivity contribution in [2.24, 2.45) is 0 Å². The number of amides is 1. The van der Waals surface area contributed by atoms with Gasteiger partial charge in [-0.05, 0) is 55.3 Å². The van der Waals surface area contributed by atoms with Crippen molar-refractivity contribution < 1.29 is 9.18 Å². The Hall–Kier alpha value is -3.73. The van der Waals surface area contributed by atoms with Crippen LogP contribution in [0.15, 0.2) is 72.8 Å². The molecule has 1 fully saturated rings. The van der Waals surface area contributed by atoms with Gasteiger partial charge in [0.05, 0.1) is 22.5 Å². The lowest BCUT2D eigenvalue weighted by molar-refractivity contribution is 0.0748. The number of carbonyl (C=O) groups excluding carboxylic acids is 1. The lowest BCUT2D eigenvalue weighted by Gasteiger charge is -2.36. The summed E-state index contributed by atoms with van der Waals surface area (Å²) in [4.78, 5) is 22.3. The van der Waals surface area contributed by atoms with E-state index in [2.05, 4.69) is 32.0 Å². The Kier molecular flexibility index (Phi) is 5.55. The van der Waals surface area contributed by atoms with E-state index in [0.717, 1.165) is 22.2 Å². The van der Waals surface area contributed by atoms with Gasteiger partial charge in [0.2, 0.25) is 0 Å². The average Bonchev–Trinajstić information content (AvgIpc) is 2.85. The van der Waals surface area contributed by atoms with Crippen LogP contribution in [0, 0.1) is 19.7 Å². The van der Waals surface area contributed by atoms with Crippen molar-refractivity contribution in [3.63, 3.8) is 0 Å². The highest BCUT2D eigenvalue weighted by Crippen LogP contribution is 2.28. The standard InChI is InChI=1S/C28H26FN3O/c1-19-11-12-21(17-20(19)2)26-18-23(22-7-3-5-9-25(22)30-26)28(33)32-15-13-31(14-16-32)27-10-6-4-8-24(27)29/h3-12,17-18H,13-16H2,1-2H3. The number of carbonyl (C=O) groups is 1. The summed E-state index contributed by atoms with van der Waals surface area (Å²) in [6.45, 7) is 6.45. The minimum Gasteiger partial charge on any atom is -0.366 e. The number of nitrogens with zero attached hydrogens (tertiary/aromatic N) is 3. The maximum absolute atomic E-state index is 14.2. The van der Waals surface area contributed by atoms with E-state index in [1.807, 2.05) is 46.2 Å². The fraction of sp³-hybridized carbons (Fsp3) is 0.214. The molecule has 5 rings (SSSR count). The zero-order chi connectivity index (χ0) is 22.9. The second kappa shape index (κ2) is 8.66. The predicted molar refractivity (Wildman–Crippen MR) is 131 cm³/mol. The maximum atomic E-state index is 14.2. The van der Waals surface area contributed by atoms with Crippen LogP contribution in [-0.2, 0) is 0 Å². The van der Waals surface area contributed by atoms with Crippen molar-refractivity contribution in [2.45, 2.75) is 13.8 Å². The summed E-state index contributed by atoms with van der Waals surface area (Å²) in [5.41, 5.74) is 6.28. The average molecular weight is 440 g/mol. The number of aryl methyl sites for hydroxylation is 2. The molecule has 0 saturated carbocycles. The summed E-state index contributed by atoms with van der Waals surface area (Å²) in [5, 5.41) is 0.853. The lowest BCUT2D eigenvalue weighted by Crippen LogP contribution is -2.49. The molecular formula is C28H26FN3O. The third-order valence-electron chi connectivity index (χ3n) is 6.51. The van der Waals surface area contributed by atoms with Crippen LogP contribution in [0.4, 0.5) is 10.1 Å². The Balaban J connectivity index is 1.46. The van der Waals surface area contributed by atoms with Gasteiger partial charge in [-0.3, -0.25) is 4.79 Å². The third-order valence-corrected chi connectivity index (χ3v) is 6.51. The van der Waals surface area contributed by atoms with Crippen molar-refractivity contribution in [3.8, 4) is 11.3 Å². The number of anilines is 1. The zero-order valence-electron chi connectivity index (χ0n) is 18.9. The van der Waals surface area contributed by atoms with Crippen molar-refractivity contribution in [3.05, 3.63) is 95.3 Å². The van der Waals surface area contributed by atoms with Gasteiger partial charge in [-0.2, -0.15) is 0 Å². The summed E-state index contributed by atoms with van der Waals surface area (Å²) in [6.07, 6.45) is 0. The molecule has 1 aliphatic heterocycles. The van der Waals surface area contributed by atoms with Crippen molar-refractivity contribution in [1.82, 2.24) is 9.88 Å². The van der Waals surface area contributed by atoms with E-state index >= 15 is 0 Å². The number of hydrogen-bond acceptors (Lipinski definition) is 3. The minimum atomic E-state index is -0.226. The van der Waals surface area contributed by atoms with Gasteiger partial charge in [0, 0.05) is 37.1 Å². The van der Waals surface area contributed by atoms with E-state index in [1.54, 1.807) is 12.1 Å². The highest BCUT2D eigenvalue weighted by atomic mass is 19.1. The largest absolute Gasteiger partial charge is 0.366 e. The van der Waals surface area contributed by atoms with Crippen LogP contribution in [0.1, 0.15) is 21.5 Å². The quantitative estimate of drug-likeness (QED) is 0.416. The van der Waals surface area contributed by atoms with Gasteiger partial charge in [0.1, 0.15) is 5.82 Å². The first-order valence-electron chi connectivity index (χ1n) is 11.3. The van der Waals surface area contributed by atoms with Crippen LogP contribution >= 0.6 is 0 Å². The van der Waals surface area contributed by atoms with Gasteiger partial charge in [0.15, 0.2) is 0 Å². The second-order valence-corrected chi connectivity index (χ2v) is 8.60. The van der Waals surface area contributed by atoms with Gasteiger partial charge >= 0.3 is 0 Å². The van der Waals surface area contributed by atoms with Crippen LogP contribution in [0.3, 0.4) is 0 Å².